The second-order valence-corrected chi connectivity index (χ2v) is 10.1. The smallest absolute Gasteiger partial charge is 0.174 e. The Morgan fingerprint density at radius 1 is 1.10 bits per heavy atom. The van der Waals surface area contributed by atoms with Crippen molar-refractivity contribution in [3.8, 4) is 11.3 Å². The minimum Gasteiger partial charge on any atom is -0.391 e. The first kappa shape index (κ1) is 21.7. The zero-order chi connectivity index (χ0) is 21.6. The van der Waals surface area contributed by atoms with Crippen LogP contribution in [0, 0.1) is 17.8 Å². The molecule has 168 valence electrons. The molecule has 1 aromatic carbocycles. The molecule has 3 unspecified atom stereocenters. The van der Waals surface area contributed by atoms with E-state index in [2.05, 4.69) is 12.1 Å². The Kier molecular flexibility index (Phi) is 6.08. The Labute approximate surface area is 193 Å². The fourth-order valence-electron chi connectivity index (χ4n) is 5.82. The van der Waals surface area contributed by atoms with Crippen LogP contribution < -0.4 is 0 Å². The number of ether oxygens (including phenoxy) is 2. The summed E-state index contributed by atoms with van der Waals surface area (Å²) in [6, 6.07) is 5.26. The van der Waals surface area contributed by atoms with Gasteiger partial charge >= 0.3 is 0 Å². The molecule has 3 atom stereocenters. The van der Waals surface area contributed by atoms with Gasteiger partial charge in [-0.2, -0.15) is 0 Å². The third-order valence-corrected chi connectivity index (χ3v) is 7.99. The van der Waals surface area contributed by atoms with Gasteiger partial charge in [0, 0.05) is 28.9 Å². The SMILES string of the molecule is CC1CC2CCCC1C21OCCO1.OCc1c(-c2c(Cl)cccc2Cl)noc1C1CC1. The highest BCUT2D eigenvalue weighted by molar-refractivity contribution is 6.39. The summed E-state index contributed by atoms with van der Waals surface area (Å²) in [5, 5.41) is 14.6. The summed E-state index contributed by atoms with van der Waals surface area (Å²) < 4.78 is 17.2. The molecule has 1 N–H and O–H groups in total. The molecule has 1 spiro atoms. The molecule has 3 saturated carbocycles. The molecular formula is C24H29Cl2NO4. The third kappa shape index (κ3) is 3.83. The fraction of sp³-hybridized carbons (Fsp3) is 0.625. The summed E-state index contributed by atoms with van der Waals surface area (Å²) in [4.78, 5) is 0. The maximum atomic E-state index is 9.52. The Morgan fingerprint density at radius 2 is 1.81 bits per heavy atom. The zero-order valence-corrected chi connectivity index (χ0v) is 19.3. The second kappa shape index (κ2) is 8.68. The Balaban J connectivity index is 0.000000138. The minimum atomic E-state index is -0.127. The van der Waals surface area contributed by atoms with E-state index < -0.39 is 0 Å². The van der Waals surface area contributed by atoms with Gasteiger partial charge in [-0.15, -0.1) is 0 Å². The second-order valence-electron chi connectivity index (χ2n) is 9.27. The van der Waals surface area contributed by atoms with Gasteiger partial charge in [-0.1, -0.05) is 47.8 Å². The molecule has 2 aromatic rings. The van der Waals surface area contributed by atoms with Crippen LogP contribution in [-0.4, -0.2) is 29.3 Å². The summed E-state index contributed by atoms with van der Waals surface area (Å²) >= 11 is 12.3. The lowest BCUT2D eigenvalue weighted by molar-refractivity contribution is -0.225. The number of benzene rings is 1. The van der Waals surface area contributed by atoms with Gasteiger partial charge in [-0.3, -0.25) is 0 Å². The van der Waals surface area contributed by atoms with Gasteiger partial charge in [0.15, 0.2) is 5.79 Å². The normalized spacial score (nSPS) is 28.6. The molecule has 0 amide bonds. The van der Waals surface area contributed by atoms with Gasteiger partial charge in [0.1, 0.15) is 11.5 Å². The van der Waals surface area contributed by atoms with E-state index in [9.17, 15) is 5.11 Å². The fourth-order valence-corrected chi connectivity index (χ4v) is 6.40. The topological polar surface area (TPSA) is 64.7 Å². The van der Waals surface area contributed by atoms with Gasteiger partial charge in [0.05, 0.1) is 29.9 Å². The molecule has 2 heterocycles. The van der Waals surface area contributed by atoms with Crippen molar-refractivity contribution < 1.29 is 19.1 Å². The van der Waals surface area contributed by atoms with E-state index in [1.807, 2.05) is 0 Å². The van der Waals surface area contributed by atoms with Crippen molar-refractivity contribution in [2.45, 2.75) is 63.8 Å². The predicted octanol–water partition coefficient (Wildman–Crippen LogP) is 6.20. The lowest BCUT2D eigenvalue weighted by atomic mass is 9.81. The maximum Gasteiger partial charge on any atom is 0.174 e. The van der Waals surface area contributed by atoms with Crippen molar-refractivity contribution >= 4 is 23.2 Å². The monoisotopic (exact) mass is 465 g/mol. The van der Waals surface area contributed by atoms with Crippen LogP contribution in [-0.2, 0) is 16.1 Å². The first-order valence-corrected chi connectivity index (χ1v) is 12.1. The van der Waals surface area contributed by atoms with E-state index in [0.29, 0.717) is 44.6 Å². The van der Waals surface area contributed by atoms with Crippen LogP contribution in [0.1, 0.15) is 62.7 Å². The summed E-state index contributed by atoms with van der Waals surface area (Å²) in [5.41, 5.74) is 1.88. The average molecular weight is 466 g/mol. The van der Waals surface area contributed by atoms with Crippen molar-refractivity contribution in [2.75, 3.05) is 13.2 Å². The molecule has 4 aliphatic rings. The maximum absolute atomic E-state index is 9.52. The Hall–Kier alpha value is -1.11. The number of halogens is 2. The number of aromatic nitrogens is 1. The minimum absolute atomic E-state index is 0.119. The van der Waals surface area contributed by atoms with Crippen molar-refractivity contribution in [3.63, 3.8) is 0 Å². The van der Waals surface area contributed by atoms with Crippen LogP contribution in [0.5, 0.6) is 0 Å². The summed E-state index contributed by atoms with van der Waals surface area (Å²) in [6.07, 6.45) is 7.51. The summed E-state index contributed by atoms with van der Waals surface area (Å²) in [7, 11) is 0. The molecule has 6 rings (SSSR count). The Morgan fingerprint density at radius 3 is 2.42 bits per heavy atom. The van der Waals surface area contributed by atoms with Crippen LogP contribution in [0.3, 0.4) is 0 Å². The quantitative estimate of drug-likeness (QED) is 0.583. The van der Waals surface area contributed by atoms with E-state index in [1.165, 1.54) is 25.7 Å². The first-order valence-electron chi connectivity index (χ1n) is 11.4. The van der Waals surface area contributed by atoms with Crippen LogP contribution in [0.2, 0.25) is 10.0 Å². The number of rotatable bonds is 3. The van der Waals surface area contributed by atoms with Gasteiger partial charge in [0.2, 0.25) is 0 Å². The molecular weight excluding hydrogens is 437 g/mol. The van der Waals surface area contributed by atoms with E-state index in [4.69, 9.17) is 37.2 Å². The molecule has 7 heteroatoms. The molecule has 1 saturated heterocycles. The predicted molar refractivity (Wildman–Crippen MR) is 119 cm³/mol. The van der Waals surface area contributed by atoms with Crippen molar-refractivity contribution in [3.05, 3.63) is 39.6 Å². The van der Waals surface area contributed by atoms with Crippen molar-refractivity contribution in [2.24, 2.45) is 17.8 Å². The van der Waals surface area contributed by atoms with Crippen LogP contribution in [0.4, 0.5) is 0 Å². The van der Waals surface area contributed by atoms with Crippen LogP contribution in [0.25, 0.3) is 11.3 Å². The molecule has 1 aliphatic heterocycles. The molecule has 31 heavy (non-hydrogen) atoms. The number of nitrogens with zero attached hydrogens (tertiary/aromatic N) is 1. The number of aliphatic hydroxyl groups is 1. The lowest BCUT2D eigenvalue weighted by Crippen LogP contribution is -2.44. The zero-order valence-electron chi connectivity index (χ0n) is 17.8. The molecule has 1 aromatic heterocycles. The van der Waals surface area contributed by atoms with E-state index in [0.717, 1.165) is 37.7 Å². The molecule has 2 bridgehead atoms. The van der Waals surface area contributed by atoms with Crippen molar-refractivity contribution in [1.29, 1.82) is 0 Å². The lowest BCUT2D eigenvalue weighted by Gasteiger charge is -2.39. The van der Waals surface area contributed by atoms with E-state index in [1.54, 1.807) is 18.2 Å². The number of aliphatic hydroxyl groups excluding tert-OH is 1. The largest absolute Gasteiger partial charge is 0.391 e. The molecule has 3 aliphatic carbocycles. The van der Waals surface area contributed by atoms with Gasteiger partial charge in [0.25, 0.3) is 0 Å². The first-order chi connectivity index (χ1) is 15.0. The summed E-state index contributed by atoms with van der Waals surface area (Å²) in [6.45, 7) is 3.88. The number of hydrogen-bond acceptors (Lipinski definition) is 5. The van der Waals surface area contributed by atoms with Gasteiger partial charge in [-0.05, 0) is 50.2 Å². The van der Waals surface area contributed by atoms with Gasteiger partial charge in [-0.25, -0.2) is 0 Å². The summed E-state index contributed by atoms with van der Waals surface area (Å²) in [5.74, 6) is 3.22. The molecule has 4 fully saturated rings. The van der Waals surface area contributed by atoms with Crippen LogP contribution >= 0.6 is 23.2 Å². The van der Waals surface area contributed by atoms with E-state index >= 15 is 0 Å². The highest BCUT2D eigenvalue weighted by atomic mass is 35.5. The Bertz CT molecular complexity index is 915. The van der Waals surface area contributed by atoms with Crippen molar-refractivity contribution in [1.82, 2.24) is 5.16 Å². The van der Waals surface area contributed by atoms with Gasteiger partial charge < -0.3 is 19.1 Å². The highest BCUT2D eigenvalue weighted by Crippen LogP contribution is 2.56. The molecule has 5 nitrogen and oxygen atoms in total. The van der Waals surface area contributed by atoms with E-state index in [-0.39, 0.29) is 12.4 Å². The number of hydrogen-bond donors (Lipinski definition) is 1. The average Bonchev–Trinajstić information content (AvgIpc) is 3.33. The third-order valence-electron chi connectivity index (χ3n) is 7.36. The van der Waals surface area contributed by atoms with Crippen LogP contribution in [0.15, 0.2) is 22.7 Å². The standard InChI is InChI=1S/C13H11Cl2NO2.C11H18O2/c14-9-2-1-3-10(15)11(9)12-8(6-17)13(18-16-12)7-4-5-7;1-8-7-9-3-2-4-10(8)11(9)12-5-6-13-11/h1-3,7,17H,4-6H2;8-10H,2-7H2,1H3. The molecule has 0 radical (unpaired) electrons. The highest BCUT2D eigenvalue weighted by Gasteiger charge is 2.58.